The van der Waals surface area contributed by atoms with Crippen molar-refractivity contribution in [3.8, 4) is 0 Å². The van der Waals surface area contributed by atoms with Gasteiger partial charge in [0.05, 0.1) is 6.10 Å². The Hall–Kier alpha value is -0.610. The SMILES string of the molecule is CC1(CNC(=O)CCN)CCCCC1O. The van der Waals surface area contributed by atoms with E-state index in [9.17, 15) is 9.90 Å². The van der Waals surface area contributed by atoms with Crippen LogP contribution in [-0.4, -0.2) is 30.2 Å². The Kier molecular flexibility index (Phi) is 4.54. The molecule has 1 fully saturated rings. The van der Waals surface area contributed by atoms with E-state index in [1.807, 2.05) is 6.92 Å². The van der Waals surface area contributed by atoms with E-state index in [1.54, 1.807) is 0 Å². The van der Waals surface area contributed by atoms with Crippen LogP contribution >= 0.6 is 0 Å². The molecule has 2 unspecified atom stereocenters. The van der Waals surface area contributed by atoms with Gasteiger partial charge >= 0.3 is 0 Å². The molecule has 0 spiro atoms. The van der Waals surface area contributed by atoms with Crippen LogP contribution in [0.2, 0.25) is 0 Å². The van der Waals surface area contributed by atoms with Crippen LogP contribution in [0.1, 0.15) is 39.0 Å². The number of nitrogens with two attached hydrogens (primary N) is 1. The number of hydrogen-bond donors (Lipinski definition) is 3. The van der Waals surface area contributed by atoms with Crippen molar-refractivity contribution < 1.29 is 9.90 Å². The molecule has 0 aromatic rings. The average molecular weight is 214 g/mol. The molecule has 1 aliphatic rings. The molecule has 88 valence electrons. The number of carbonyl (C=O) groups is 1. The van der Waals surface area contributed by atoms with Gasteiger partial charge in [-0.15, -0.1) is 0 Å². The maximum absolute atomic E-state index is 11.3. The molecule has 15 heavy (non-hydrogen) atoms. The molecule has 4 nitrogen and oxygen atoms in total. The summed E-state index contributed by atoms with van der Waals surface area (Å²) >= 11 is 0. The molecule has 0 aromatic heterocycles. The third kappa shape index (κ3) is 3.47. The zero-order valence-corrected chi connectivity index (χ0v) is 9.46. The molecule has 4 heteroatoms. The predicted molar refractivity (Wildman–Crippen MR) is 59.3 cm³/mol. The van der Waals surface area contributed by atoms with Gasteiger partial charge in [-0.2, -0.15) is 0 Å². The van der Waals surface area contributed by atoms with Crippen LogP contribution in [0, 0.1) is 5.41 Å². The summed E-state index contributed by atoms with van der Waals surface area (Å²) in [6.45, 7) is 2.98. The highest BCUT2D eigenvalue weighted by molar-refractivity contribution is 5.76. The lowest BCUT2D eigenvalue weighted by Gasteiger charge is -2.38. The second kappa shape index (κ2) is 5.47. The van der Waals surface area contributed by atoms with E-state index in [2.05, 4.69) is 5.32 Å². The first-order valence-electron chi connectivity index (χ1n) is 5.73. The van der Waals surface area contributed by atoms with Crippen molar-refractivity contribution in [2.45, 2.75) is 45.1 Å². The second-order valence-corrected chi connectivity index (χ2v) is 4.73. The Morgan fingerprint density at radius 2 is 2.33 bits per heavy atom. The molecular weight excluding hydrogens is 192 g/mol. The molecule has 0 radical (unpaired) electrons. The Morgan fingerprint density at radius 1 is 1.60 bits per heavy atom. The molecule has 0 aliphatic heterocycles. The van der Waals surface area contributed by atoms with Crippen molar-refractivity contribution in [3.63, 3.8) is 0 Å². The largest absolute Gasteiger partial charge is 0.392 e. The molecule has 0 heterocycles. The molecule has 0 aromatic carbocycles. The lowest BCUT2D eigenvalue weighted by Crippen LogP contribution is -2.45. The van der Waals surface area contributed by atoms with Gasteiger partial charge in [0.15, 0.2) is 0 Å². The first-order chi connectivity index (χ1) is 7.08. The lowest BCUT2D eigenvalue weighted by atomic mass is 9.73. The highest BCUT2D eigenvalue weighted by Crippen LogP contribution is 2.35. The van der Waals surface area contributed by atoms with Crippen LogP contribution in [-0.2, 0) is 4.79 Å². The average Bonchev–Trinajstić information content (AvgIpc) is 2.21. The van der Waals surface area contributed by atoms with Gasteiger partial charge in [0.2, 0.25) is 5.91 Å². The van der Waals surface area contributed by atoms with E-state index in [0.29, 0.717) is 19.5 Å². The number of aliphatic hydroxyl groups excluding tert-OH is 1. The minimum atomic E-state index is -0.288. The minimum absolute atomic E-state index is 0.0171. The van der Waals surface area contributed by atoms with E-state index in [-0.39, 0.29) is 17.4 Å². The van der Waals surface area contributed by atoms with E-state index in [1.165, 1.54) is 0 Å². The number of nitrogens with one attached hydrogen (secondary N) is 1. The monoisotopic (exact) mass is 214 g/mol. The van der Waals surface area contributed by atoms with E-state index in [0.717, 1.165) is 25.7 Å². The third-order valence-electron chi connectivity index (χ3n) is 3.34. The standard InChI is InChI=1S/C11H22N2O2/c1-11(6-3-2-4-9(11)14)8-13-10(15)5-7-12/h9,14H,2-8,12H2,1H3,(H,13,15). The molecule has 2 atom stereocenters. The van der Waals surface area contributed by atoms with Crippen molar-refractivity contribution in [1.82, 2.24) is 5.32 Å². The summed E-state index contributed by atoms with van der Waals surface area (Å²) in [7, 11) is 0. The summed E-state index contributed by atoms with van der Waals surface area (Å²) in [5.74, 6) is -0.0171. The van der Waals surface area contributed by atoms with Gasteiger partial charge in [0.25, 0.3) is 0 Å². The quantitative estimate of drug-likeness (QED) is 0.634. The number of amides is 1. The smallest absolute Gasteiger partial charge is 0.221 e. The molecule has 0 bridgehead atoms. The van der Waals surface area contributed by atoms with Crippen LogP contribution < -0.4 is 11.1 Å². The Bertz CT molecular complexity index is 221. The van der Waals surface area contributed by atoms with Crippen LogP contribution in [0.25, 0.3) is 0 Å². The van der Waals surface area contributed by atoms with Crippen molar-refractivity contribution >= 4 is 5.91 Å². The van der Waals surface area contributed by atoms with E-state index >= 15 is 0 Å². The van der Waals surface area contributed by atoms with Gasteiger partial charge in [-0.05, 0) is 12.8 Å². The third-order valence-corrected chi connectivity index (χ3v) is 3.34. The first-order valence-corrected chi connectivity index (χ1v) is 5.73. The molecule has 4 N–H and O–H groups in total. The van der Waals surface area contributed by atoms with Gasteiger partial charge in [-0.1, -0.05) is 19.8 Å². The first kappa shape index (κ1) is 12.5. The van der Waals surface area contributed by atoms with Crippen LogP contribution in [0.5, 0.6) is 0 Å². The number of hydrogen-bond acceptors (Lipinski definition) is 3. The van der Waals surface area contributed by atoms with Crippen molar-refractivity contribution in [3.05, 3.63) is 0 Å². The number of carbonyl (C=O) groups excluding carboxylic acids is 1. The molecular formula is C11H22N2O2. The van der Waals surface area contributed by atoms with Gasteiger partial charge in [-0.25, -0.2) is 0 Å². The Balaban J connectivity index is 2.37. The van der Waals surface area contributed by atoms with Crippen LogP contribution in [0.15, 0.2) is 0 Å². The normalized spacial score (nSPS) is 31.3. The van der Waals surface area contributed by atoms with Gasteiger partial charge < -0.3 is 16.2 Å². The molecule has 1 saturated carbocycles. The fourth-order valence-electron chi connectivity index (χ4n) is 2.11. The summed E-state index contributed by atoms with van der Waals surface area (Å²) in [6.07, 6.45) is 4.14. The van der Waals surface area contributed by atoms with Crippen LogP contribution in [0.3, 0.4) is 0 Å². The topological polar surface area (TPSA) is 75.4 Å². The van der Waals surface area contributed by atoms with Gasteiger partial charge in [-0.3, -0.25) is 4.79 Å². The zero-order chi connectivity index (χ0) is 11.3. The van der Waals surface area contributed by atoms with E-state index in [4.69, 9.17) is 5.73 Å². The summed E-state index contributed by atoms with van der Waals surface area (Å²) < 4.78 is 0. The maximum atomic E-state index is 11.3. The summed E-state index contributed by atoms with van der Waals surface area (Å²) in [6, 6.07) is 0. The minimum Gasteiger partial charge on any atom is -0.392 e. The van der Waals surface area contributed by atoms with E-state index < -0.39 is 0 Å². The zero-order valence-electron chi connectivity index (χ0n) is 9.46. The molecule has 0 saturated heterocycles. The fourth-order valence-corrected chi connectivity index (χ4v) is 2.11. The lowest BCUT2D eigenvalue weighted by molar-refractivity contribution is -0.122. The molecule has 1 rings (SSSR count). The summed E-state index contributed by atoms with van der Waals surface area (Å²) in [4.78, 5) is 11.3. The van der Waals surface area contributed by atoms with Crippen molar-refractivity contribution in [2.24, 2.45) is 11.1 Å². The molecule has 1 amide bonds. The Labute approximate surface area is 91.2 Å². The predicted octanol–water partition coefficient (Wildman–Crippen LogP) is 0.393. The van der Waals surface area contributed by atoms with Gasteiger partial charge in [0, 0.05) is 24.9 Å². The van der Waals surface area contributed by atoms with Crippen molar-refractivity contribution in [2.75, 3.05) is 13.1 Å². The highest BCUT2D eigenvalue weighted by atomic mass is 16.3. The second-order valence-electron chi connectivity index (χ2n) is 4.73. The summed E-state index contributed by atoms with van der Waals surface area (Å²) in [5.41, 5.74) is 5.14. The number of aliphatic hydroxyl groups is 1. The fraction of sp³-hybridized carbons (Fsp3) is 0.909. The molecule has 1 aliphatic carbocycles. The maximum Gasteiger partial charge on any atom is 0.221 e. The van der Waals surface area contributed by atoms with Crippen molar-refractivity contribution in [1.29, 1.82) is 0 Å². The number of rotatable bonds is 4. The van der Waals surface area contributed by atoms with Gasteiger partial charge in [0.1, 0.15) is 0 Å². The Morgan fingerprint density at radius 3 is 2.93 bits per heavy atom. The highest BCUT2D eigenvalue weighted by Gasteiger charge is 2.35. The summed E-state index contributed by atoms with van der Waals surface area (Å²) in [5, 5.41) is 12.7. The van der Waals surface area contributed by atoms with Crippen LogP contribution in [0.4, 0.5) is 0 Å².